The number of aliphatic hydroxyl groups excluding tert-OH is 1. The smallest absolute Gasteiger partial charge is 0.295 e. The summed E-state index contributed by atoms with van der Waals surface area (Å²) in [4.78, 5) is 33.3. The van der Waals surface area contributed by atoms with Gasteiger partial charge in [0.05, 0.1) is 23.4 Å². The first-order valence-corrected chi connectivity index (χ1v) is 9.41. The van der Waals surface area contributed by atoms with Gasteiger partial charge in [0, 0.05) is 24.8 Å². The molecule has 29 heavy (non-hydrogen) atoms. The zero-order valence-electron chi connectivity index (χ0n) is 16.4. The van der Waals surface area contributed by atoms with E-state index in [1.54, 1.807) is 36.5 Å². The maximum atomic E-state index is 12.9. The molecule has 1 unspecified atom stereocenters. The van der Waals surface area contributed by atoms with E-state index < -0.39 is 17.7 Å². The number of hydrogen-bond acceptors (Lipinski definition) is 6. The highest BCUT2D eigenvalue weighted by atomic mass is 35.5. The molecule has 0 spiro atoms. The molecule has 1 aliphatic heterocycles. The summed E-state index contributed by atoms with van der Waals surface area (Å²) in [6, 6.07) is 9.15. The van der Waals surface area contributed by atoms with Gasteiger partial charge in [0.25, 0.3) is 11.7 Å². The maximum Gasteiger partial charge on any atom is 0.295 e. The molecule has 0 radical (unpaired) electrons. The molecule has 0 bridgehead atoms. The third kappa shape index (κ3) is 4.11. The van der Waals surface area contributed by atoms with Crippen molar-refractivity contribution in [2.24, 2.45) is 0 Å². The fourth-order valence-electron chi connectivity index (χ4n) is 3.23. The van der Waals surface area contributed by atoms with Gasteiger partial charge in [-0.05, 0) is 44.4 Å². The number of carbonyl (C=O) groups excluding carboxylic acids is 2. The zero-order chi connectivity index (χ0) is 21.1. The van der Waals surface area contributed by atoms with E-state index in [4.69, 9.17) is 16.3 Å². The highest BCUT2D eigenvalue weighted by Gasteiger charge is 2.46. The average Bonchev–Trinajstić information content (AvgIpc) is 2.97. The van der Waals surface area contributed by atoms with Crippen molar-refractivity contribution in [1.82, 2.24) is 14.8 Å². The van der Waals surface area contributed by atoms with Crippen LogP contribution in [-0.2, 0) is 9.59 Å². The van der Waals surface area contributed by atoms with Crippen LogP contribution in [0, 0.1) is 0 Å². The van der Waals surface area contributed by atoms with E-state index in [1.807, 2.05) is 19.0 Å². The summed E-state index contributed by atoms with van der Waals surface area (Å²) >= 11 is 6.17. The minimum atomic E-state index is -0.781. The molecule has 3 rings (SSSR count). The predicted molar refractivity (Wildman–Crippen MR) is 110 cm³/mol. The molecule has 2 aromatic rings. The second-order valence-electron chi connectivity index (χ2n) is 6.90. The number of hydrogen-bond donors (Lipinski definition) is 1. The fourth-order valence-corrected chi connectivity index (χ4v) is 3.49. The predicted octanol–water partition coefficient (Wildman–Crippen LogP) is 2.73. The number of amides is 1. The number of likely N-dealkylation sites (tertiary alicyclic amines) is 1. The summed E-state index contributed by atoms with van der Waals surface area (Å²) in [6.45, 7) is 0.879. The van der Waals surface area contributed by atoms with Crippen LogP contribution in [0.25, 0.3) is 5.76 Å². The SMILES string of the molecule is COc1ccc(/C(O)=C2/C(=O)C(=O)N(CCN(C)C)C2c2ccccn2)cc1Cl. The summed E-state index contributed by atoms with van der Waals surface area (Å²) in [5.41, 5.74) is 0.822. The molecule has 1 atom stereocenters. The van der Waals surface area contributed by atoms with Crippen LogP contribution in [0.2, 0.25) is 5.02 Å². The van der Waals surface area contributed by atoms with Gasteiger partial charge >= 0.3 is 0 Å². The van der Waals surface area contributed by atoms with Crippen LogP contribution in [0.1, 0.15) is 17.3 Å². The first-order valence-electron chi connectivity index (χ1n) is 9.03. The van der Waals surface area contributed by atoms with Crippen molar-refractivity contribution >= 4 is 29.1 Å². The number of rotatable bonds is 6. The lowest BCUT2D eigenvalue weighted by atomic mass is 9.98. The van der Waals surface area contributed by atoms with E-state index >= 15 is 0 Å². The highest BCUT2D eigenvalue weighted by molar-refractivity contribution is 6.46. The number of likely N-dealkylation sites (N-methyl/N-ethyl adjacent to an activating group) is 1. The maximum absolute atomic E-state index is 12.9. The van der Waals surface area contributed by atoms with E-state index in [-0.39, 0.29) is 16.4 Å². The van der Waals surface area contributed by atoms with Crippen LogP contribution < -0.4 is 4.74 Å². The van der Waals surface area contributed by atoms with E-state index in [0.717, 1.165) is 0 Å². The van der Waals surface area contributed by atoms with Gasteiger partial charge in [0.15, 0.2) is 0 Å². The Morgan fingerprint density at radius 2 is 2.03 bits per heavy atom. The number of halogens is 1. The van der Waals surface area contributed by atoms with Gasteiger partial charge in [-0.3, -0.25) is 14.6 Å². The van der Waals surface area contributed by atoms with Crippen molar-refractivity contribution in [1.29, 1.82) is 0 Å². The van der Waals surface area contributed by atoms with Gasteiger partial charge in [-0.15, -0.1) is 0 Å². The monoisotopic (exact) mass is 415 g/mol. The minimum Gasteiger partial charge on any atom is -0.507 e. The number of ketones is 1. The topological polar surface area (TPSA) is 83.0 Å². The molecule has 1 saturated heterocycles. The Hall–Kier alpha value is -2.90. The number of methoxy groups -OCH3 is 1. The van der Waals surface area contributed by atoms with Gasteiger partial charge in [-0.1, -0.05) is 17.7 Å². The quantitative estimate of drug-likeness (QED) is 0.443. The number of aliphatic hydroxyl groups is 1. The number of benzene rings is 1. The van der Waals surface area contributed by atoms with Crippen molar-refractivity contribution < 1.29 is 19.4 Å². The van der Waals surface area contributed by atoms with Gasteiger partial charge in [0.2, 0.25) is 0 Å². The lowest BCUT2D eigenvalue weighted by Crippen LogP contribution is -2.35. The molecule has 8 heteroatoms. The van der Waals surface area contributed by atoms with Crippen molar-refractivity contribution in [2.45, 2.75) is 6.04 Å². The normalized spacial score (nSPS) is 18.5. The van der Waals surface area contributed by atoms with Gasteiger partial charge in [0.1, 0.15) is 17.6 Å². The number of carbonyl (C=O) groups is 2. The van der Waals surface area contributed by atoms with E-state index in [0.29, 0.717) is 30.1 Å². The molecule has 1 aromatic carbocycles. The average molecular weight is 416 g/mol. The zero-order valence-corrected chi connectivity index (χ0v) is 17.2. The number of Topliss-reactive ketones (excluding diaryl/α,β-unsaturated/α-hetero) is 1. The molecule has 1 amide bonds. The molecule has 152 valence electrons. The van der Waals surface area contributed by atoms with Crippen LogP contribution in [-0.4, -0.2) is 65.9 Å². The molecule has 1 fully saturated rings. The molecular weight excluding hydrogens is 394 g/mol. The van der Waals surface area contributed by atoms with Crippen molar-refractivity contribution in [3.05, 3.63) is 64.4 Å². The summed E-state index contributed by atoms with van der Waals surface area (Å²) in [5.74, 6) is -1.26. The Labute approximate surface area is 174 Å². The molecular formula is C21H22ClN3O4. The van der Waals surface area contributed by atoms with Gasteiger partial charge < -0.3 is 19.6 Å². The first kappa shape index (κ1) is 20.8. The van der Waals surface area contributed by atoms with E-state index in [9.17, 15) is 14.7 Å². The summed E-state index contributed by atoms with van der Waals surface area (Å²) in [7, 11) is 5.25. The Morgan fingerprint density at radius 1 is 1.28 bits per heavy atom. The van der Waals surface area contributed by atoms with Crippen LogP contribution >= 0.6 is 11.6 Å². The van der Waals surface area contributed by atoms with E-state index in [2.05, 4.69) is 4.98 Å². The van der Waals surface area contributed by atoms with Gasteiger partial charge in [-0.25, -0.2) is 0 Å². The van der Waals surface area contributed by atoms with Crippen molar-refractivity contribution in [3.63, 3.8) is 0 Å². The lowest BCUT2D eigenvalue weighted by molar-refractivity contribution is -0.140. The Morgan fingerprint density at radius 3 is 2.62 bits per heavy atom. The number of aromatic nitrogens is 1. The Balaban J connectivity index is 2.13. The first-order chi connectivity index (χ1) is 13.8. The van der Waals surface area contributed by atoms with Gasteiger partial charge in [-0.2, -0.15) is 0 Å². The highest BCUT2D eigenvalue weighted by Crippen LogP contribution is 2.39. The van der Waals surface area contributed by atoms with Crippen molar-refractivity contribution in [2.75, 3.05) is 34.3 Å². The number of ether oxygens (including phenoxy) is 1. The third-order valence-electron chi connectivity index (χ3n) is 4.72. The molecule has 2 heterocycles. The number of pyridine rings is 1. The fraction of sp³-hybridized carbons (Fsp3) is 0.286. The van der Waals surface area contributed by atoms with Crippen LogP contribution in [0.15, 0.2) is 48.2 Å². The van der Waals surface area contributed by atoms with E-state index in [1.165, 1.54) is 18.1 Å². The Bertz CT molecular complexity index is 960. The minimum absolute atomic E-state index is 0.00584. The summed E-state index contributed by atoms with van der Waals surface area (Å²) in [5, 5.41) is 11.3. The Kier molecular flexibility index (Phi) is 6.20. The summed E-state index contributed by atoms with van der Waals surface area (Å²) in [6.07, 6.45) is 1.59. The third-order valence-corrected chi connectivity index (χ3v) is 5.02. The standard InChI is InChI=1S/C21H22ClN3O4/c1-24(2)10-11-25-18(15-6-4-5-9-23-15)17(20(27)21(25)28)19(26)13-7-8-16(29-3)14(22)12-13/h4-9,12,18,26H,10-11H2,1-3H3/b19-17-. The number of nitrogens with zero attached hydrogens (tertiary/aromatic N) is 3. The van der Waals surface area contributed by atoms with Crippen molar-refractivity contribution in [3.8, 4) is 5.75 Å². The summed E-state index contributed by atoms with van der Waals surface area (Å²) < 4.78 is 5.13. The molecule has 1 aromatic heterocycles. The largest absolute Gasteiger partial charge is 0.507 e. The lowest BCUT2D eigenvalue weighted by Gasteiger charge is -2.25. The molecule has 1 N–H and O–H groups in total. The second-order valence-corrected chi connectivity index (χ2v) is 7.31. The van der Waals surface area contributed by atoms with Crippen LogP contribution in [0.3, 0.4) is 0 Å². The molecule has 0 aliphatic carbocycles. The molecule has 7 nitrogen and oxygen atoms in total. The van der Waals surface area contributed by atoms with Crippen LogP contribution in [0.5, 0.6) is 5.75 Å². The molecule has 0 saturated carbocycles. The second kappa shape index (κ2) is 8.63. The molecule has 1 aliphatic rings. The van der Waals surface area contributed by atoms with Crippen LogP contribution in [0.4, 0.5) is 0 Å².